The summed E-state index contributed by atoms with van der Waals surface area (Å²) in [6.45, 7) is 3.65. The maximum Gasteiger partial charge on any atom is 0.270 e. The summed E-state index contributed by atoms with van der Waals surface area (Å²) in [5.41, 5.74) is 1.54. The highest BCUT2D eigenvalue weighted by Gasteiger charge is 2.03. The van der Waals surface area contributed by atoms with Crippen molar-refractivity contribution in [2.45, 2.75) is 13.8 Å². The van der Waals surface area contributed by atoms with Gasteiger partial charge in [-0.2, -0.15) is 10.2 Å². The molecule has 1 aromatic carbocycles. The first-order valence-corrected chi connectivity index (χ1v) is 4.38. The van der Waals surface area contributed by atoms with Crippen LogP contribution in [0, 0.1) is 10.1 Å². The number of benzene rings is 1. The van der Waals surface area contributed by atoms with E-state index >= 15 is 0 Å². The second-order valence-corrected chi connectivity index (χ2v) is 3.14. The molecular weight excluding hydrogens is 194 g/mol. The Bertz CT molecular complexity index is 420. The minimum Gasteiger partial charge on any atom is -0.258 e. The van der Waals surface area contributed by atoms with Crippen LogP contribution < -0.4 is 0 Å². The van der Waals surface area contributed by atoms with Crippen LogP contribution in [-0.4, -0.2) is 16.8 Å². The highest BCUT2D eigenvalue weighted by molar-refractivity contribution is 5.83. The molecule has 15 heavy (non-hydrogen) atoms. The molecule has 0 aliphatic carbocycles. The number of non-ortho nitro benzene ring substituents is 1. The van der Waals surface area contributed by atoms with Crippen LogP contribution in [-0.2, 0) is 0 Å². The predicted molar refractivity (Wildman–Crippen MR) is 59.5 cm³/mol. The normalized spacial score (nSPS) is 10.3. The number of hydrogen-bond donors (Lipinski definition) is 0. The molecular formula is C10H11N3O2. The third-order valence-electron chi connectivity index (χ3n) is 1.55. The zero-order valence-corrected chi connectivity index (χ0v) is 8.54. The number of nitrogens with zero attached hydrogens (tertiary/aromatic N) is 3. The summed E-state index contributed by atoms with van der Waals surface area (Å²) < 4.78 is 0. The van der Waals surface area contributed by atoms with Crippen LogP contribution >= 0.6 is 0 Å². The van der Waals surface area contributed by atoms with Crippen LogP contribution in [0.4, 0.5) is 5.69 Å². The van der Waals surface area contributed by atoms with Crippen molar-refractivity contribution in [2.24, 2.45) is 10.2 Å². The van der Waals surface area contributed by atoms with Crippen molar-refractivity contribution < 1.29 is 4.92 Å². The van der Waals surface area contributed by atoms with Crippen LogP contribution in [0.5, 0.6) is 0 Å². The van der Waals surface area contributed by atoms with Crippen molar-refractivity contribution >= 4 is 17.6 Å². The van der Waals surface area contributed by atoms with Crippen molar-refractivity contribution in [3.8, 4) is 0 Å². The fourth-order valence-electron chi connectivity index (χ4n) is 0.930. The van der Waals surface area contributed by atoms with E-state index in [1.165, 1.54) is 18.3 Å². The molecule has 78 valence electrons. The van der Waals surface area contributed by atoms with E-state index < -0.39 is 4.92 Å². The van der Waals surface area contributed by atoms with Gasteiger partial charge in [-0.05, 0) is 13.8 Å². The van der Waals surface area contributed by atoms with E-state index in [-0.39, 0.29) is 5.69 Å². The van der Waals surface area contributed by atoms with Gasteiger partial charge in [0.2, 0.25) is 0 Å². The first-order chi connectivity index (χ1) is 7.09. The zero-order valence-electron chi connectivity index (χ0n) is 8.54. The summed E-state index contributed by atoms with van der Waals surface area (Å²) in [5, 5.41) is 18.1. The molecule has 0 aliphatic heterocycles. The first-order valence-electron chi connectivity index (χ1n) is 4.38. The molecule has 5 nitrogen and oxygen atoms in total. The average Bonchev–Trinajstić information content (AvgIpc) is 2.17. The van der Waals surface area contributed by atoms with Crippen LogP contribution in [0.15, 0.2) is 34.5 Å². The van der Waals surface area contributed by atoms with Crippen molar-refractivity contribution in [1.82, 2.24) is 0 Å². The summed E-state index contributed by atoms with van der Waals surface area (Å²) >= 11 is 0. The minimum absolute atomic E-state index is 0.0520. The van der Waals surface area contributed by atoms with Crippen LogP contribution in [0.1, 0.15) is 19.4 Å². The SMILES string of the molecule is CC(C)=N/N=C\c1cccc([N+](=O)[O-])c1. The molecule has 0 N–H and O–H groups in total. The summed E-state index contributed by atoms with van der Waals surface area (Å²) in [6.07, 6.45) is 1.49. The van der Waals surface area contributed by atoms with E-state index in [0.717, 1.165) is 5.71 Å². The Morgan fingerprint density at radius 1 is 1.47 bits per heavy atom. The van der Waals surface area contributed by atoms with Gasteiger partial charge in [-0.25, -0.2) is 0 Å². The van der Waals surface area contributed by atoms with Crippen molar-refractivity contribution in [1.29, 1.82) is 0 Å². The summed E-state index contributed by atoms with van der Waals surface area (Å²) in [4.78, 5) is 10.0. The van der Waals surface area contributed by atoms with E-state index in [1.807, 2.05) is 13.8 Å². The first kappa shape index (κ1) is 11.0. The lowest BCUT2D eigenvalue weighted by Gasteiger charge is -1.92. The van der Waals surface area contributed by atoms with Gasteiger partial charge in [0.1, 0.15) is 0 Å². The standard InChI is InChI=1S/C10H11N3O2/c1-8(2)12-11-7-9-4-3-5-10(6-9)13(14)15/h3-7H,1-2H3/b11-7-. The lowest BCUT2D eigenvalue weighted by Crippen LogP contribution is -1.89. The smallest absolute Gasteiger partial charge is 0.258 e. The van der Waals surface area contributed by atoms with Gasteiger partial charge < -0.3 is 0 Å². The van der Waals surface area contributed by atoms with Gasteiger partial charge in [0, 0.05) is 23.4 Å². The molecule has 0 amide bonds. The Labute approximate surface area is 87.3 Å². The molecule has 0 spiro atoms. The maximum atomic E-state index is 10.5. The van der Waals surface area contributed by atoms with Gasteiger partial charge in [0.05, 0.1) is 11.1 Å². The van der Waals surface area contributed by atoms with Gasteiger partial charge in [-0.1, -0.05) is 12.1 Å². The highest BCUT2D eigenvalue weighted by Crippen LogP contribution is 2.11. The summed E-state index contributed by atoms with van der Waals surface area (Å²) in [7, 11) is 0. The van der Waals surface area contributed by atoms with Gasteiger partial charge in [0.25, 0.3) is 5.69 Å². The molecule has 0 saturated carbocycles. The molecule has 0 fully saturated rings. The fraction of sp³-hybridized carbons (Fsp3) is 0.200. The Morgan fingerprint density at radius 3 is 2.80 bits per heavy atom. The minimum atomic E-state index is -0.439. The lowest BCUT2D eigenvalue weighted by molar-refractivity contribution is -0.384. The molecule has 5 heteroatoms. The van der Waals surface area contributed by atoms with E-state index in [1.54, 1.807) is 12.1 Å². The third-order valence-corrected chi connectivity index (χ3v) is 1.55. The number of hydrogen-bond acceptors (Lipinski definition) is 4. The van der Waals surface area contributed by atoms with Gasteiger partial charge in [-0.3, -0.25) is 10.1 Å². The zero-order chi connectivity index (χ0) is 11.3. The number of nitro benzene ring substituents is 1. The van der Waals surface area contributed by atoms with Crippen LogP contribution in [0.25, 0.3) is 0 Å². The summed E-state index contributed by atoms with van der Waals surface area (Å²) in [5.74, 6) is 0. The van der Waals surface area contributed by atoms with Crippen molar-refractivity contribution in [3.63, 3.8) is 0 Å². The lowest BCUT2D eigenvalue weighted by atomic mass is 10.2. The number of rotatable bonds is 3. The van der Waals surface area contributed by atoms with E-state index in [9.17, 15) is 10.1 Å². The Kier molecular flexibility index (Phi) is 3.68. The molecule has 0 saturated heterocycles. The topological polar surface area (TPSA) is 67.9 Å². The van der Waals surface area contributed by atoms with Gasteiger partial charge in [0.15, 0.2) is 0 Å². The molecule has 0 radical (unpaired) electrons. The fourth-order valence-corrected chi connectivity index (χ4v) is 0.930. The maximum absolute atomic E-state index is 10.5. The molecule has 0 unspecified atom stereocenters. The Balaban J connectivity index is 2.87. The largest absolute Gasteiger partial charge is 0.270 e. The summed E-state index contributed by atoms with van der Waals surface area (Å²) in [6, 6.07) is 6.23. The van der Waals surface area contributed by atoms with Crippen LogP contribution in [0.3, 0.4) is 0 Å². The monoisotopic (exact) mass is 205 g/mol. The Hall–Kier alpha value is -2.04. The predicted octanol–water partition coefficient (Wildman–Crippen LogP) is 2.41. The van der Waals surface area contributed by atoms with Crippen molar-refractivity contribution in [3.05, 3.63) is 39.9 Å². The van der Waals surface area contributed by atoms with Gasteiger partial charge in [-0.15, -0.1) is 0 Å². The second kappa shape index (κ2) is 4.99. The van der Waals surface area contributed by atoms with E-state index in [0.29, 0.717) is 5.56 Å². The molecule has 0 aromatic heterocycles. The average molecular weight is 205 g/mol. The quantitative estimate of drug-likeness (QED) is 0.432. The third kappa shape index (κ3) is 3.68. The molecule has 1 aromatic rings. The van der Waals surface area contributed by atoms with E-state index in [4.69, 9.17) is 0 Å². The van der Waals surface area contributed by atoms with Crippen LogP contribution in [0.2, 0.25) is 0 Å². The second-order valence-electron chi connectivity index (χ2n) is 3.14. The Morgan fingerprint density at radius 2 is 2.20 bits per heavy atom. The van der Waals surface area contributed by atoms with E-state index in [2.05, 4.69) is 10.2 Å². The molecule has 0 aliphatic rings. The molecule has 0 heterocycles. The molecule has 0 atom stereocenters. The highest BCUT2D eigenvalue weighted by atomic mass is 16.6. The number of nitro groups is 1. The molecule has 1 rings (SSSR count). The van der Waals surface area contributed by atoms with Crippen molar-refractivity contribution in [2.75, 3.05) is 0 Å². The molecule has 0 bridgehead atoms. The van der Waals surface area contributed by atoms with Gasteiger partial charge >= 0.3 is 0 Å².